The van der Waals surface area contributed by atoms with E-state index in [0.29, 0.717) is 12.8 Å². The summed E-state index contributed by atoms with van der Waals surface area (Å²) in [6.45, 7) is 3.70. The Bertz CT molecular complexity index is 679. The zero-order valence-corrected chi connectivity index (χ0v) is 13.6. The van der Waals surface area contributed by atoms with Gasteiger partial charge in [-0.05, 0) is 37.8 Å². The molecule has 1 amide bonds. The molecule has 1 saturated heterocycles. The van der Waals surface area contributed by atoms with Gasteiger partial charge in [0.2, 0.25) is 5.91 Å². The number of nitrogen functional groups attached to an aromatic ring is 1. The fourth-order valence-electron chi connectivity index (χ4n) is 3.32. The maximum Gasteiger partial charge on any atom is 0.223 e. The highest BCUT2D eigenvalue weighted by Gasteiger charge is 2.28. The summed E-state index contributed by atoms with van der Waals surface area (Å²) in [5.74, 6) is 1.23. The Hall–Kier alpha value is -2.30. The van der Waals surface area contributed by atoms with Crippen LogP contribution in [0.2, 0.25) is 0 Å². The molecule has 2 aromatic rings. The topological polar surface area (TPSA) is 64.2 Å². The average molecular weight is 312 g/mol. The molecule has 3 rings (SSSR count). The van der Waals surface area contributed by atoms with Crippen molar-refractivity contribution in [3.8, 4) is 0 Å². The standard InChI is InChI=1S/C18H24N4O/c1-14-20-10-12-21(14)13-16-6-4-11-22(16)18(23)9-8-15-5-2-3-7-17(15)19/h2-3,5,7,10,12,16H,4,6,8-9,11,13,19H2,1H3. The Morgan fingerprint density at radius 1 is 1.39 bits per heavy atom. The van der Waals surface area contributed by atoms with E-state index in [-0.39, 0.29) is 11.9 Å². The predicted octanol–water partition coefficient (Wildman–Crippen LogP) is 2.40. The van der Waals surface area contributed by atoms with Crippen molar-refractivity contribution in [1.29, 1.82) is 0 Å². The SMILES string of the molecule is Cc1nccn1CC1CCCN1C(=O)CCc1ccccc1N. The summed E-state index contributed by atoms with van der Waals surface area (Å²) in [4.78, 5) is 18.9. The summed E-state index contributed by atoms with van der Waals surface area (Å²) >= 11 is 0. The van der Waals surface area contributed by atoms with Crippen LogP contribution in [0.3, 0.4) is 0 Å². The lowest BCUT2D eigenvalue weighted by molar-refractivity contribution is -0.132. The lowest BCUT2D eigenvalue weighted by atomic mass is 10.1. The smallest absolute Gasteiger partial charge is 0.223 e. The second-order valence-electron chi connectivity index (χ2n) is 6.21. The Morgan fingerprint density at radius 3 is 2.96 bits per heavy atom. The van der Waals surface area contributed by atoms with Gasteiger partial charge >= 0.3 is 0 Å². The van der Waals surface area contributed by atoms with Crippen molar-refractivity contribution in [2.75, 3.05) is 12.3 Å². The number of hydrogen-bond donors (Lipinski definition) is 1. The van der Waals surface area contributed by atoms with Crippen LogP contribution in [-0.4, -0.2) is 32.9 Å². The van der Waals surface area contributed by atoms with E-state index in [1.807, 2.05) is 48.5 Å². The average Bonchev–Trinajstić information content (AvgIpc) is 3.16. The van der Waals surface area contributed by atoms with Crippen molar-refractivity contribution in [2.24, 2.45) is 0 Å². The lowest BCUT2D eigenvalue weighted by Crippen LogP contribution is -2.38. The maximum absolute atomic E-state index is 12.6. The van der Waals surface area contributed by atoms with Crippen LogP contribution in [0.25, 0.3) is 0 Å². The molecule has 0 saturated carbocycles. The number of amides is 1. The largest absolute Gasteiger partial charge is 0.399 e. The van der Waals surface area contributed by atoms with Crippen LogP contribution < -0.4 is 5.73 Å². The molecule has 1 aromatic carbocycles. The van der Waals surface area contributed by atoms with E-state index in [1.54, 1.807) is 0 Å². The van der Waals surface area contributed by atoms with Gasteiger partial charge in [-0.25, -0.2) is 4.98 Å². The molecule has 0 spiro atoms. The second kappa shape index (κ2) is 6.86. The summed E-state index contributed by atoms with van der Waals surface area (Å²) in [6.07, 6.45) is 7.18. The highest BCUT2D eigenvalue weighted by Crippen LogP contribution is 2.21. The monoisotopic (exact) mass is 312 g/mol. The minimum Gasteiger partial charge on any atom is -0.399 e. The van der Waals surface area contributed by atoms with E-state index in [1.165, 1.54) is 0 Å². The minimum absolute atomic E-state index is 0.230. The highest BCUT2D eigenvalue weighted by molar-refractivity contribution is 5.77. The molecule has 0 aliphatic carbocycles. The third-order valence-corrected chi connectivity index (χ3v) is 4.69. The Morgan fingerprint density at radius 2 is 2.22 bits per heavy atom. The number of para-hydroxylation sites is 1. The van der Waals surface area contributed by atoms with E-state index in [9.17, 15) is 4.79 Å². The summed E-state index contributed by atoms with van der Waals surface area (Å²) in [7, 11) is 0. The highest BCUT2D eigenvalue weighted by atomic mass is 16.2. The molecule has 0 bridgehead atoms. The molecule has 1 unspecified atom stereocenters. The van der Waals surface area contributed by atoms with Crippen LogP contribution in [0.1, 0.15) is 30.7 Å². The number of benzene rings is 1. The molecule has 1 aliphatic heterocycles. The molecule has 1 fully saturated rings. The third-order valence-electron chi connectivity index (χ3n) is 4.69. The number of aryl methyl sites for hydroxylation is 2. The number of carbonyl (C=O) groups excluding carboxylic acids is 1. The van der Waals surface area contributed by atoms with Gasteiger partial charge in [-0.3, -0.25) is 4.79 Å². The second-order valence-corrected chi connectivity index (χ2v) is 6.21. The molecular weight excluding hydrogens is 288 g/mol. The van der Waals surface area contributed by atoms with Crippen molar-refractivity contribution >= 4 is 11.6 Å². The Labute approximate surface area is 137 Å². The van der Waals surface area contributed by atoms with Gasteiger partial charge in [0.15, 0.2) is 0 Å². The first-order valence-corrected chi connectivity index (χ1v) is 8.25. The summed E-state index contributed by atoms with van der Waals surface area (Å²) in [6, 6.07) is 8.06. The van der Waals surface area contributed by atoms with Gasteiger partial charge in [0.05, 0.1) is 0 Å². The van der Waals surface area contributed by atoms with Crippen molar-refractivity contribution < 1.29 is 4.79 Å². The lowest BCUT2D eigenvalue weighted by Gasteiger charge is -2.25. The number of nitrogens with two attached hydrogens (primary N) is 1. The molecule has 2 heterocycles. The third kappa shape index (κ3) is 3.55. The van der Waals surface area contributed by atoms with Gasteiger partial charge in [0, 0.05) is 43.6 Å². The van der Waals surface area contributed by atoms with Crippen LogP contribution in [0.4, 0.5) is 5.69 Å². The number of aromatic nitrogens is 2. The zero-order chi connectivity index (χ0) is 16.2. The number of hydrogen-bond acceptors (Lipinski definition) is 3. The number of nitrogens with zero attached hydrogens (tertiary/aromatic N) is 3. The normalized spacial score (nSPS) is 17.6. The Kier molecular flexibility index (Phi) is 4.65. The molecule has 1 atom stereocenters. The number of anilines is 1. The number of imidazole rings is 1. The van der Waals surface area contributed by atoms with Crippen molar-refractivity contribution in [3.63, 3.8) is 0 Å². The molecule has 0 radical (unpaired) electrons. The summed E-state index contributed by atoms with van der Waals surface area (Å²) in [5, 5.41) is 0. The first-order chi connectivity index (χ1) is 11.1. The molecule has 1 aliphatic rings. The number of likely N-dealkylation sites (tertiary alicyclic amines) is 1. The quantitative estimate of drug-likeness (QED) is 0.862. The molecule has 2 N–H and O–H groups in total. The van der Waals surface area contributed by atoms with Gasteiger partial charge in [0.1, 0.15) is 5.82 Å². The van der Waals surface area contributed by atoms with Gasteiger partial charge in [-0.2, -0.15) is 0 Å². The maximum atomic E-state index is 12.6. The summed E-state index contributed by atoms with van der Waals surface area (Å²) in [5.41, 5.74) is 7.79. The fourth-order valence-corrected chi connectivity index (χ4v) is 3.32. The van der Waals surface area contributed by atoms with E-state index in [2.05, 4.69) is 9.55 Å². The van der Waals surface area contributed by atoms with Gasteiger partial charge in [-0.15, -0.1) is 0 Å². The molecule has 5 nitrogen and oxygen atoms in total. The van der Waals surface area contributed by atoms with Gasteiger partial charge in [0.25, 0.3) is 0 Å². The molecule has 23 heavy (non-hydrogen) atoms. The zero-order valence-electron chi connectivity index (χ0n) is 13.6. The summed E-state index contributed by atoms with van der Waals surface area (Å²) < 4.78 is 2.13. The first kappa shape index (κ1) is 15.6. The van der Waals surface area contributed by atoms with Crippen LogP contribution in [-0.2, 0) is 17.8 Å². The van der Waals surface area contributed by atoms with Crippen molar-refractivity contribution in [3.05, 3.63) is 48.0 Å². The minimum atomic E-state index is 0.230. The van der Waals surface area contributed by atoms with Crippen molar-refractivity contribution in [2.45, 2.75) is 45.2 Å². The fraction of sp³-hybridized carbons (Fsp3) is 0.444. The first-order valence-electron chi connectivity index (χ1n) is 8.25. The van der Waals surface area contributed by atoms with Crippen LogP contribution in [0.5, 0.6) is 0 Å². The molecule has 5 heteroatoms. The van der Waals surface area contributed by atoms with Crippen LogP contribution in [0.15, 0.2) is 36.7 Å². The molecule has 122 valence electrons. The molecule has 1 aromatic heterocycles. The predicted molar refractivity (Wildman–Crippen MR) is 90.9 cm³/mol. The number of carbonyl (C=O) groups is 1. The van der Waals surface area contributed by atoms with E-state index < -0.39 is 0 Å². The van der Waals surface area contributed by atoms with E-state index in [4.69, 9.17) is 5.73 Å². The Balaban J connectivity index is 1.60. The number of rotatable bonds is 5. The van der Waals surface area contributed by atoms with Crippen LogP contribution in [0, 0.1) is 6.92 Å². The van der Waals surface area contributed by atoms with Gasteiger partial charge in [-0.1, -0.05) is 18.2 Å². The van der Waals surface area contributed by atoms with E-state index in [0.717, 1.165) is 43.0 Å². The van der Waals surface area contributed by atoms with Crippen LogP contribution >= 0.6 is 0 Å². The van der Waals surface area contributed by atoms with Crippen molar-refractivity contribution in [1.82, 2.24) is 14.5 Å². The van der Waals surface area contributed by atoms with Gasteiger partial charge < -0.3 is 15.2 Å². The molecular formula is C18H24N4O. The van der Waals surface area contributed by atoms with E-state index >= 15 is 0 Å².